The molecule has 0 unspecified atom stereocenters. The van der Waals surface area contributed by atoms with E-state index in [9.17, 15) is 0 Å². The third-order valence-electron chi connectivity index (χ3n) is 4.29. The molecule has 0 amide bonds. The molecule has 1 aliphatic rings. The summed E-state index contributed by atoms with van der Waals surface area (Å²) in [7, 11) is 3.45. The van der Waals surface area contributed by atoms with Crippen LogP contribution in [0.3, 0.4) is 0 Å². The number of hydrogen-bond acceptors (Lipinski definition) is 3. The second-order valence-corrected chi connectivity index (χ2v) is 5.41. The van der Waals surface area contributed by atoms with Gasteiger partial charge in [-0.15, -0.1) is 0 Å². The third kappa shape index (κ3) is 2.53. The van der Waals surface area contributed by atoms with E-state index in [1.54, 1.807) is 14.2 Å². The Labute approximate surface area is 119 Å². The van der Waals surface area contributed by atoms with Gasteiger partial charge < -0.3 is 19.4 Å². The van der Waals surface area contributed by atoms with Crippen LogP contribution in [0.4, 0.5) is 5.69 Å². The quantitative estimate of drug-likeness (QED) is 0.871. The van der Waals surface area contributed by atoms with Gasteiger partial charge >= 0.3 is 0 Å². The Kier molecular flexibility index (Phi) is 3.94. The fourth-order valence-corrected chi connectivity index (χ4v) is 3.15. The fraction of sp³-hybridized carbons (Fsp3) is 0.500. The number of benzene rings is 1. The molecule has 1 aliphatic heterocycles. The van der Waals surface area contributed by atoms with Gasteiger partial charge in [-0.05, 0) is 37.1 Å². The number of H-pyrrole nitrogens is 1. The number of ether oxygens (including phenoxy) is 2. The maximum atomic E-state index is 5.38. The molecular weight excluding hydrogens is 252 g/mol. The maximum Gasteiger partial charge on any atom is 0.159 e. The molecule has 0 radical (unpaired) electrons. The zero-order chi connectivity index (χ0) is 13.9. The van der Waals surface area contributed by atoms with Gasteiger partial charge in [-0.3, -0.25) is 0 Å². The van der Waals surface area contributed by atoms with Gasteiger partial charge in [0.05, 0.1) is 0 Å². The highest BCUT2D eigenvalue weighted by atomic mass is 16.7. The van der Waals surface area contributed by atoms with E-state index in [0.717, 1.165) is 25.9 Å². The van der Waals surface area contributed by atoms with Gasteiger partial charge in [-0.1, -0.05) is 0 Å². The minimum atomic E-state index is -0.0655. The Morgan fingerprint density at radius 2 is 1.90 bits per heavy atom. The average molecular weight is 274 g/mol. The van der Waals surface area contributed by atoms with Crippen LogP contribution in [0.1, 0.15) is 12.8 Å². The van der Waals surface area contributed by atoms with Crippen molar-refractivity contribution >= 4 is 16.6 Å². The number of fused-ring (bicyclic) bond motifs is 1. The second kappa shape index (κ2) is 5.85. The summed E-state index contributed by atoms with van der Waals surface area (Å²) in [4.78, 5) is 5.69. The van der Waals surface area contributed by atoms with Crippen LogP contribution in [0.15, 0.2) is 30.5 Å². The van der Waals surface area contributed by atoms with Crippen molar-refractivity contribution in [3.05, 3.63) is 30.5 Å². The van der Waals surface area contributed by atoms with Gasteiger partial charge in [0.1, 0.15) is 0 Å². The van der Waals surface area contributed by atoms with E-state index >= 15 is 0 Å². The summed E-state index contributed by atoms with van der Waals surface area (Å²) >= 11 is 0. The lowest BCUT2D eigenvalue weighted by molar-refractivity contribution is -0.141. The molecule has 1 aromatic heterocycles. The second-order valence-electron chi connectivity index (χ2n) is 5.41. The number of hydrogen-bond donors (Lipinski definition) is 1. The number of methoxy groups -OCH3 is 2. The van der Waals surface area contributed by atoms with Crippen molar-refractivity contribution in [2.45, 2.75) is 19.1 Å². The standard InChI is InChI=1S/C16H22N2O2/c1-19-16(20-2)12-6-9-18(10-7-12)14-3-4-15-13(11-14)5-8-17-15/h3-5,8,11-12,16-17H,6-7,9-10H2,1-2H3. The summed E-state index contributed by atoms with van der Waals surface area (Å²) in [5.74, 6) is 0.497. The van der Waals surface area contributed by atoms with Crippen LogP contribution in [0, 0.1) is 5.92 Å². The first-order chi connectivity index (χ1) is 9.81. The molecule has 20 heavy (non-hydrogen) atoms. The van der Waals surface area contributed by atoms with Gasteiger partial charge in [0, 0.05) is 56.0 Å². The first-order valence-electron chi connectivity index (χ1n) is 7.19. The van der Waals surface area contributed by atoms with Crippen LogP contribution < -0.4 is 4.90 Å². The highest BCUT2D eigenvalue weighted by Gasteiger charge is 2.26. The minimum absolute atomic E-state index is 0.0655. The molecule has 0 spiro atoms. The van der Waals surface area contributed by atoms with Gasteiger partial charge in [-0.25, -0.2) is 0 Å². The van der Waals surface area contributed by atoms with Gasteiger partial charge in [0.25, 0.3) is 0 Å². The lowest BCUT2D eigenvalue weighted by atomic mass is 9.95. The van der Waals surface area contributed by atoms with E-state index in [1.165, 1.54) is 16.6 Å². The van der Waals surface area contributed by atoms with Gasteiger partial charge in [0.15, 0.2) is 6.29 Å². The van der Waals surface area contributed by atoms with Crippen LogP contribution in [-0.4, -0.2) is 38.6 Å². The zero-order valence-electron chi connectivity index (χ0n) is 12.1. The monoisotopic (exact) mass is 274 g/mol. The maximum absolute atomic E-state index is 5.38. The summed E-state index contributed by atoms with van der Waals surface area (Å²) in [5.41, 5.74) is 2.50. The van der Waals surface area contributed by atoms with Crippen LogP contribution in [0.2, 0.25) is 0 Å². The largest absolute Gasteiger partial charge is 0.371 e. The molecule has 108 valence electrons. The van der Waals surface area contributed by atoms with Gasteiger partial charge in [0.2, 0.25) is 0 Å². The van der Waals surface area contributed by atoms with Gasteiger partial charge in [-0.2, -0.15) is 0 Å². The minimum Gasteiger partial charge on any atom is -0.371 e. The Hall–Kier alpha value is -1.52. The molecule has 1 aromatic carbocycles. The Morgan fingerprint density at radius 3 is 2.60 bits per heavy atom. The number of piperidine rings is 1. The smallest absolute Gasteiger partial charge is 0.159 e. The molecule has 1 N–H and O–H groups in total. The summed E-state index contributed by atoms with van der Waals surface area (Å²) in [6.45, 7) is 2.12. The highest BCUT2D eigenvalue weighted by molar-refractivity contribution is 5.83. The third-order valence-corrected chi connectivity index (χ3v) is 4.29. The molecular formula is C16H22N2O2. The number of aromatic amines is 1. The predicted molar refractivity (Wildman–Crippen MR) is 81.0 cm³/mol. The Balaban J connectivity index is 1.68. The molecule has 0 bridgehead atoms. The van der Waals surface area contributed by atoms with Crippen molar-refractivity contribution in [1.82, 2.24) is 4.98 Å². The first kappa shape index (κ1) is 13.5. The van der Waals surface area contributed by atoms with E-state index in [4.69, 9.17) is 9.47 Å². The molecule has 0 atom stereocenters. The topological polar surface area (TPSA) is 37.5 Å². The number of aromatic nitrogens is 1. The first-order valence-corrected chi connectivity index (χ1v) is 7.19. The highest BCUT2D eigenvalue weighted by Crippen LogP contribution is 2.28. The van der Waals surface area contributed by atoms with E-state index in [2.05, 4.69) is 34.1 Å². The zero-order valence-corrected chi connectivity index (χ0v) is 12.1. The molecule has 2 heterocycles. The Morgan fingerprint density at radius 1 is 1.15 bits per heavy atom. The van der Waals surface area contributed by atoms with Crippen LogP contribution in [-0.2, 0) is 9.47 Å². The lowest BCUT2D eigenvalue weighted by Crippen LogP contribution is -2.39. The predicted octanol–water partition coefficient (Wildman–Crippen LogP) is 3.00. The molecule has 2 aromatic rings. The van der Waals surface area contributed by atoms with E-state index in [0.29, 0.717) is 5.92 Å². The summed E-state index contributed by atoms with van der Waals surface area (Å²) in [6, 6.07) is 8.74. The molecule has 0 aliphatic carbocycles. The number of nitrogens with zero attached hydrogens (tertiary/aromatic N) is 1. The normalized spacial score (nSPS) is 17.2. The number of nitrogens with one attached hydrogen (secondary N) is 1. The molecule has 1 fully saturated rings. The Bertz CT molecular complexity index is 554. The van der Waals surface area contributed by atoms with Crippen molar-refractivity contribution < 1.29 is 9.47 Å². The average Bonchev–Trinajstić information content (AvgIpc) is 2.96. The van der Waals surface area contributed by atoms with E-state index in [1.807, 2.05) is 6.20 Å². The van der Waals surface area contributed by atoms with Crippen molar-refractivity contribution in [1.29, 1.82) is 0 Å². The van der Waals surface area contributed by atoms with Crippen LogP contribution in [0.5, 0.6) is 0 Å². The summed E-state index contributed by atoms with van der Waals surface area (Å²) < 4.78 is 10.8. The van der Waals surface area contributed by atoms with Crippen LogP contribution >= 0.6 is 0 Å². The van der Waals surface area contributed by atoms with Crippen molar-refractivity contribution in [3.8, 4) is 0 Å². The fourth-order valence-electron chi connectivity index (χ4n) is 3.15. The lowest BCUT2D eigenvalue weighted by Gasteiger charge is -2.36. The number of anilines is 1. The van der Waals surface area contributed by atoms with Crippen molar-refractivity contribution in [3.63, 3.8) is 0 Å². The SMILES string of the molecule is COC(OC)C1CCN(c2ccc3[nH]ccc3c2)CC1. The van der Waals surface area contributed by atoms with Crippen LogP contribution in [0.25, 0.3) is 10.9 Å². The van der Waals surface area contributed by atoms with E-state index < -0.39 is 0 Å². The summed E-state index contributed by atoms with van der Waals surface area (Å²) in [6.07, 6.45) is 4.14. The summed E-state index contributed by atoms with van der Waals surface area (Å²) in [5, 5.41) is 1.27. The molecule has 1 saturated heterocycles. The molecule has 4 nitrogen and oxygen atoms in total. The van der Waals surface area contributed by atoms with Crippen molar-refractivity contribution in [2.24, 2.45) is 5.92 Å². The van der Waals surface area contributed by atoms with Crippen molar-refractivity contribution in [2.75, 3.05) is 32.2 Å². The molecule has 4 heteroatoms. The molecule has 0 saturated carbocycles. The van der Waals surface area contributed by atoms with E-state index in [-0.39, 0.29) is 6.29 Å². The molecule has 3 rings (SSSR count). The number of rotatable bonds is 4.